The van der Waals surface area contributed by atoms with Gasteiger partial charge in [0.25, 0.3) is 0 Å². The van der Waals surface area contributed by atoms with Crippen LogP contribution in [0.2, 0.25) is 0 Å². The van der Waals surface area contributed by atoms with E-state index in [1.54, 1.807) is 0 Å². The lowest BCUT2D eigenvalue weighted by atomic mass is 10.1. The molecule has 1 saturated heterocycles. The SMILES string of the molecule is c1cncc(CN2CCCN(Cc3cn[nH]c3-c3ccc4c(c3)OCO4)CC2)c1. The number of nitrogens with zero attached hydrogens (tertiary/aromatic N) is 4. The Morgan fingerprint density at radius 3 is 2.66 bits per heavy atom. The van der Waals surface area contributed by atoms with E-state index in [1.807, 2.05) is 36.8 Å². The Morgan fingerprint density at radius 1 is 0.931 bits per heavy atom. The lowest BCUT2D eigenvalue weighted by Gasteiger charge is -2.21. The van der Waals surface area contributed by atoms with E-state index in [4.69, 9.17) is 9.47 Å². The van der Waals surface area contributed by atoms with Crippen molar-refractivity contribution in [3.05, 3.63) is 60.0 Å². The molecule has 4 heterocycles. The van der Waals surface area contributed by atoms with E-state index in [-0.39, 0.29) is 6.79 Å². The molecule has 29 heavy (non-hydrogen) atoms. The Hall–Kier alpha value is -2.90. The Morgan fingerprint density at radius 2 is 1.79 bits per heavy atom. The number of pyridine rings is 1. The molecule has 0 saturated carbocycles. The van der Waals surface area contributed by atoms with Crippen molar-refractivity contribution < 1.29 is 9.47 Å². The van der Waals surface area contributed by atoms with Gasteiger partial charge in [0.05, 0.1) is 11.9 Å². The molecule has 0 atom stereocenters. The Balaban J connectivity index is 1.24. The molecule has 0 aliphatic carbocycles. The molecule has 1 N–H and O–H groups in total. The Kier molecular flexibility index (Phi) is 5.15. The number of nitrogens with one attached hydrogen (secondary N) is 1. The molecule has 7 heteroatoms. The summed E-state index contributed by atoms with van der Waals surface area (Å²) in [6.07, 6.45) is 6.90. The second-order valence-electron chi connectivity index (χ2n) is 7.61. The van der Waals surface area contributed by atoms with Gasteiger partial charge in [-0.2, -0.15) is 5.10 Å². The van der Waals surface area contributed by atoms with Gasteiger partial charge in [-0.25, -0.2) is 0 Å². The number of benzene rings is 1. The molecule has 0 radical (unpaired) electrons. The van der Waals surface area contributed by atoms with Crippen molar-refractivity contribution in [3.63, 3.8) is 0 Å². The summed E-state index contributed by atoms with van der Waals surface area (Å²) in [6.45, 7) is 6.47. The smallest absolute Gasteiger partial charge is 0.231 e. The first-order chi connectivity index (χ1) is 14.3. The number of aromatic amines is 1. The van der Waals surface area contributed by atoms with Gasteiger partial charge in [-0.1, -0.05) is 6.07 Å². The van der Waals surface area contributed by atoms with E-state index in [0.29, 0.717) is 0 Å². The van der Waals surface area contributed by atoms with Crippen LogP contribution in [0.25, 0.3) is 11.3 Å². The number of H-pyrrole nitrogens is 1. The van der Waals surface area contributed by atoms with E-state index in [0.717, 1.165) is 68.4 Å². The minimum absolute atomic E-state index is 0.290. The number of rotatable bonds is 5. The van der Waals surface area contributed by atoms with Crippen molar-refractivity contribution in [2.45, 2.75) is 19.5 Å². The topological polar surface area (TPSA) is 66.5 Å². The summed E-state index contributed by atoms with van der Waals surface area (Å²) < 4.78 is 11.0. The van der Waals surface area contributed by atoms with Crippen molar-refractivity contribution in [3.8, 4) is 22.8 Å². The Labute approximate surface area is 170 Å². The van der Waals surface area contributed by atoms with Crippen molar-refractivity contribution in [2.24, 2.45) is 0 Å². The third-order valence-corrected chi connectivity index (χ3v) is 5.58. The second kappa shape index (κ2) is 8.23. The summed E-state index contributed by atoms with van der Waals surface area (Å²) in [5, 5.41) is 7.48. The maximum atomic E-state index is 5.53. The van der Waals surface area contributed by atoms with Gasteiger partial charge in [0.2, 0.25) is 6.79 Å². The van der Waals surface area contributed by atoms with Gasteiger partial charge in [-0.15, -0.1) is 0 Å². The van der Waals surface area contributed by atoms with Crippen molar-refractivity contribution >= 4 is 0 Å². The van der Waals surface area contributed by atoms with Crippen LogP contribution in [0.5, 0.6) is 11.5 Å². The van der Waals surface area contributed by atoms with Crippen LogP contribution < -0.4 is 9.47 Å². The molecule has 0 bridgehead atoms. The zero-order chi connectivity index (χ0) is 19.5. The highest BCUT2D eigenvalue weighted by Crippen LogP contribution is 2.36. The van der Waals surface area contributed by atoms with Crippen LogP contribution in [0.4, 0.5) is 0 Å². The number of hydrogen-bond acceptors (Lipinski definition) is 6. The van der Waals surface area contributed by atoms with E-state index in [9.17, 15) is 0 Å². The molecule has 2 aliphatic rings. The van der Waals surface area contributed by atoms with Gasteiger partial charge in [0.15, 0.2) is 11.5 Å². The number of ether oxygens (including phenoxy) is 2. The van der Waals surface area contributed by atoms with Crippen LogP contribution >= 0.6 is 0 Å². The molecule has 1 fully saturated rings. The third-order valence-electron chi connectivity index (χ3n) is 5.58. The molecule has 150 valence electrons. The first-order valence-electron chi connectivity index (χ1n) is 10.1. The fraction of sp³-hybridized carbons (Fsp3) is 0.364. The zero-order valence-corrected chi connectivity index (χ0v) is 16.4. The van der Waals surface area contributed by atoms with Crippen LogP contribution in [-0.4, -0.2) is 58.0 Å². The first kappa shape index (κ1) is 18.1. The Bertz CT molecular complexity index is 959. The lowest BCUT2D eigenvalue weighted by molar-refractivity contribution is 0.174. The predicted molar refractivity (Wildman–Crippen MR) is 110 cm³/mol. The number of hydrogen-bond donors (Lipinski definition) is 1. The van der Waals surface area contributed by atoms with Gasteiger partial charge >= 0.3 is 0 Å². The number of fused-ring (bicyclic) bond motifs is 1. The second-order valence-corrected chi connectivity index (χ2v) is 7.61. The molecule has 1 aromatic carbocycles. The average Bonchev–Trinajstić information content (AvgIpc) is 3.35. The molecule has 2 aliphatic heterocycles. The maximum absolute atomic E-state index is 5.53. The monoisotopic (exact) mass is 391 g/mol. The highest BCUT2D eigenvalue weighted by atomic mass is 16.7. The van der Waals surface area contributed by atoms with Crippen molar-refractivity contribution in [2.75, 3.05) is 33.0 Å². The number of aromatic nitrogens is 3. The highest BCUT2D eigenvalue weighted by molar-refractivity contribution is 5.66. The van der Waals surface area contributed by atoms with E-state index in [1.165, 1.54) is 11.1 Å². The molecule has 5 rings (SSSR count). The third kappa shape index (κ3) is 4.11. The zero-order valence-electron chi connectivity index (χ0n) is 16.4. The molecule has 2 aromatic heterocycles. The molecule has 0 unspecified atom stereocenters. The van der Waals surface area contributed by atoms with Crippen molar-refractivity contribution in [1.82, 2.24) is 25.0 Å². The van der Waals surface area contributed by atoms with E-state index in [2.05, 4.69) is 37.1 Å². The van der Waals surface area contributed by atoms with Gasteiger partial charge in [-0.05, 0) is 49.3 Å². The molecule has 7 nitrogen and oxygen atoms in total. The summed E-state index contributed by atoms with van der Waals surface area (Å²) in [5.41, 5.74) is 4.62. The van der Waals surface area contributed by atoms with Gasteiger partial charge in [0, 0.05) is 49.7 Å². The first-order valence-corrected chi connectivity index (χ1v) is 10.1. The van der Waals surface area contributed by atoms with Gasteiger partial charge < -0.3 is 9.47 Å². The molecular formula is C22H25N5O2. The molecule has 0 amide bonds. The van der Waals surface area contributed by atoms with Crippen LogP contribution in [0.15, 0.2) is 48.9 Å². The average molecular weight is 391 g/mol. The van der Waals surface area contributed by atoms with Crippen LogP contribution in [0, 0.1) is 0 Å². The lowest BCUT2D eigenvalue weighted by Crippen LogP contribution is -2.30. The fourth-order valence-corrected chi connectivity index (χ4v) is 4.06. The van der Waals surface area contributed by atoms with Crippen LogP contribution in [0.3, 0.4) is 0 Å². The van der Waals surface area contributed by atoms with E-state index >= 15 is 0 Å². The van der Waals surface area contributed by atoms with Gasteiger partial charge in [0.1, 0.15) is 0 Å². The summed E-state index contributed by atoms with van der Waals surface area (Å²) in [4.78, 5) is 9.27. The van der Waals surface area contributed by atoms with Crippen LogP contribution in [-0.2, 0) is 13.1 Å². The van der Waals surface area contributed by atoms with Crippen molar-refractivity contribution in [1.29, 1.82) is 0 Å². The summed E-state index contributed by atoms with van der Waals surface area (Å²) >= 11 is 0. The predicted octanol–water partition coefficient (Wildman–Crippen LogP) is 2.91. The summed E-state index contributed by atoms with van der Waals surface area (Å²) in [7, 11) is 0. The largest absolute Gasteiger partial charge is 0.454 e. The summed E-state index contributed by atoms with van der Waals surface area (Å²) in [6, 6.07) is 10.2. The van der Waals surface area contributed by atoms with E-state index < -0.39 is 0 Å². The molecule has 3 aromatic rings. The maximum Gasteiger partial charge on any atom is 0.231 e. The highest BCUT2D eigenvalue weighted by Gasteiger charge is 2.19. The minimum Gasteiger partial charge on any atom is -0.454 e. The standard InChI is InChI=1S/C22H25N5O2/c1-3-17(12-23-6-1)14-26-7-2-8-27(10-9-26)15-19-13-24-25-22(19)18-4-5-20-21(11-18)29-16-28-20/h1,3-6,11-13H,2,7-10,14-16H2,(H,24,25). The van der Waals surface area contributed by atoms with Gasteiger partial charge in [-0.3, -0.25) is 19.9 Å². The summed E-state index contributed by atoms with van der Waals surface area (Å²) in [5.74, 6) is 1.60. The van der Waals surface area contributed by atoms with Crippen LogP contribution in [0.1, 0.15) is 17.5 Å². The fourth-order valence-electron chi connectivity index (χ4n) is 4.06. The molecule has 0 spiro atoms. The quantitative estimate of drug-likeness (QED) is 0.721. The normalized spacial score (nSPS) is 17.4. The molecular weight excluding hydrogens is 366 g/mol. The minimum atomic E-state index is 0.290.